The van der Waals surface area contributed by atoms with E-state index in [4.69, 9.17) is 14.6 Å². The molecular weight excluding hydrogens is 456 g/mol. The van der Waals surface area contributed by atoms with Crippen LogP contribution >= 0.6 is 0 Å². The van der Waals surface area contributed by atoms with Crippen molar-refractivity contribution >= 4 is 12.1 Å². The van der Waals surface area contributed by atoms with Crippen LogP contribution in [-0.4, -0.2) is 47.8 Å². The number of carbonyl (C=O) groups excluding carboxylic acids is 1. The third-order valence-electron chi connectivity index (χ3n) is 7.05. The lowest BCUT2D eigenvalue weighted by Crippen LogP contribution is -2.52. The Morgan fingerprint density at radius 3 is 2.33 bits per heavy atom. The molecule has 1 unspecified atom stereocenters. The molecule has 0 aromatic heterocycles. The Balaban J connectivity index is 1.29. The highest BCUT2D eigenvalue weighted by molar-refractivity contribution is 5.87. The van der Waals surface area contributed by atoms with Gasteiger partial charge >= 0.3 is 12.1 Å². The summed E-state index contributed by atoms with van der Waals surface area (Å²) in [6, 6.07) is 23.7. The van der Waals surface area contributed by atoms with Crippen molar-refractivity contribution in [2.24, 2.45) is 5.92 Å². The summed E-state index contributed by atoms with van der Waals surface area (Å²) in [5.41, 5.74) is 2.93. The molecule has 3 fully saturated rings. The summed E-state index contributed by atoms with van der Waals surface area (Å²) in [4.78, 5) is 26.4. The lowest BCUT2D eigenvalue weighted by Gasteiger charge is -2.43. The summed E-state index contributed by atoms with van der Waals surface area (Å²) >= 11 is 0. The molecule has 6 rings (SSSR count). The smallest absolute Gasteiger partial charge is 0.408 e. The van der Waals surface area contributed by atoms with Gasteiger partial charge in [-0.15, -0.1) is 0 Å². The molecule has 0 aliphatic carbocycles. The lowest BCUT2D eigenvalue weighted by atomic mass is 9.86. The first kappa shape index (κ1) is 23.9. The number of piperidine rings is 3. The van der Waals surface area contributed by atoms with Crippen LogP contribution < -0.4 is 10.1 Å². The second-order valence-electron chi connectivity index (χ2n) is 9.43. The number of rotatable bonds is 8. The summed E-state index contributed by atoms with van der Waals surface area (Å²) in [5.74, 6) is 0.141. The van der Waals surface area contributed by atoms with Crippen LogP contribution in [0.2, 0.25) is 0 Å². The zero-order valence-corrected chi connectivity index (χ0v) is 20.0. The average Bonchev–Trinajstić information content (AvgIpc) is 2.92. The first-order valence-corrected chi connectivity index (χ1v) is 12.3. The molecule has 36 heavy (non-hydrogen) atoms. The van der Waals surface area contributed by atoms with Gasteiger partial charge in [-0.2, -0.15) is 0 Å². The Hall–Kier alpha value is -3.84. The maximum atomic E-state index is 13.0. The van der Waals surface area contributed by atoms with Crippen molar-refractivity contribution in [2.45, 2.75) is 31.6 Å². The highest BCUT2D eigenvalue weighted by Crippen LogP contribution is 2.30. The summed E-state index contributed by atoms with van der Waals surface area (Å²) in [6.07, 6.45) is 1.69. The van der Waals surface area contributed by atoms with E-state index in [-0.39, 0.29) is 11.7 Å². The van der Waals surface area contributed by atoms with E-state index < -0.39 is 18.1 Å². The summed E-state index contributed by atoms with van der Waals surface area (Å²) in [6.45, 7) is 3.30. The van der Waals surface area contributed by atoms with E-state index in [0.29, 0.717) is 18.3 Å². The molecule has 0 saturated carbocycles. The monoisotopic (exact) mass is 486 g/mol. The van der Waals surface area contributed by atoms with Gasteiger partial charge in [-0.05, 0) is 72.8 Å². The minimum Gasteiger partial charge on any atom is -0.489 e. The lowest BCUT2D eigenvalue weighted by molar-refractivity contribution is -0.0336. The van der Waals surface area contributed by atoms with Gasteiger partial charge in [-0.25, -0.2) is 9.59 Å². The van der Waals surface area contributed by atoms with Crippen LogP contribution in [0.4, 0.5) is 4.79 Å². The molecular formula is C29H30N2O5. The summed E-state index contributed by atoms with van der Waals surface area (Å²) < 4.78 is 11.9. The van der Waals surface area contributed by atoms with E-state index in [9.17, 15) is 9.59 Å². The second-order valence-corrected chi connectivity index (χ2v) is 9.43. The van der Waals surface area contributed by atoms with Crippen LogP contribution in [0.25, 0.3) is 0 Å². The number of ether oxygens (including phenoxy) is 2. The topological polar surface area (TPSA) is 88.1 Å². The third-order valence-corrected chi connectivity index (χ3v) is 7.05. The Morgan fingerprint density at radius 2 is 1.67 bits per heavy atom. The van der Waals surface area contributed by atoms with Gasteiger partial charge in [-0.1, -0.05) is 54.6 Å². The van der Waals surface area contributed by atoms with Crippen LogP contribution in [0.1, 0.15) is 45.9 Å². The number of alkyl carbamates (subject to hydrolysis) is 1. The number of carboxylic acids is 1. The Bertz CT molecular complexity index is 1190. The minimum atomic E-state index is -0.957. The Morgan fingerprint density at radius 1 is 0.944 bits per heavy atom. The molecule has 7 nitrogen and oxygen atoms in total. The number of nitrogens with one attached hydrogen (secondary N) is 1. The van der Waals surface area contributed by atoms with Crippen LogP contribution in [0.5, 0.6) is 5.75 Å². The number of hydrogen-bond acceptors (Lipinski definition) is 5. The third kappa shape index (κ3) is 5.69. The van der Waals surface area contributed by atoms with Crippen molar-refractivity contribution in [2.75, 3.05) is 19.6 Å². The van der Waals surface area contributed by atoms with Gasteiger partial charge < -0.3 is 19.9 Å². The van der Waals surface area contributed by atoms with Gasteiger partial charge in [0.2, 0.25) is 0 Å². The predicted molar refractivity (Wildman–Crippen MR) is 135 cm³/mol. The van der Waals surface area contributed by atoms with Crippen LogP contribution in [0.15, 0.2) is 78.9 Å². The molecule has 2 atom stereocenters. The number of nitrogens with zero attached hydrogens (tertiary/aromatic N) is 1. The number of amides is 1. The molecule has 2 N–H and O–H groups in total. The standard InChI is InChI=1S/C29H30N2O5/c32-28(33)23-11-9-20(10-12-23)19-35-25-8-4-7-24(17-25)27(22-5-2-1-3-6-22)30-29(34)36-26-18-31-15-13-21(26)14-16-31/h1-12,17,21,26-27H,13-16,18-19H2,(H,30,34)(H,32,33)/t26?,27-/m0/s1. The van der Waals surface area contributed by atoms with Crippen LogP contribution in [-0.2, 0) is 11.3 Å². The molecule has 3 saturated heterocycles. The van der Waals surface area contributed by atoms with E-state index in [1.165, 1.54) is 0 Å². The normalized spacial score (nSPS) is 21.4. The highest BCUT2D eigenvalue weighted by atomic mass is 16.6. The van der Waals surface area contributed by atoms with Crippen molar-refractivity contribution in [3.8, 4) is 5.75 Å². The van der Waals surface area contributed by atoms with Gasteiger partial charge in [0.25, 0.3) is 0 Å². The number of carbonyl (C=O) groups is 2. The quantitative estimate of drug-likeness (QED) is 0.472. The molecule has 3 aliphatic rings. The highest BCUT2D eigenvalue weighted by Gasteiger charge is 2.36. The molecule has 3 aromatic rings. The molecule has 3 heterocycles. The SMILES string of the molecule is O=C(N[C@@H](c1ccccc1)c1cccc(OCc2ccc(C(=O)O)cc2)c1)OC1CN2CCC1CC2. The first-order chi connectivity index (χ1) is 17.5. The van der Waals surface area contributed by atoms with Gasteiger partial charge in [0.05, 0.1) is 11.6 Å². The maximum Gasteiger partial charge on any atom is 0.408 e. The maximum absolute atomic E-state index is 13.0. The van der Waals surface area contributed by atoms with Crippen molar-refractivity contribution in [1.82, 2.24) is 10.2 Å². The molecule has 1 amide bonds. The summed E-state index contributed by atoms with van der Waals surface area (Å²) in [5, 5.41) is 12.2. The molecule has 3 aromatic carbocycles. The van der Waals surface area contributed by atoms with E-state index in [0.717, 1.165) is 49.2 Å². The molecule has 186 valence electrons. The van der Waals surface area contributed by atoms with Crippen molar-refractivity contribution < 1.29 is 24.2 Å². The minimum absolute atomic E-state index is 0.0638. The Kier molecular flexibility index (Phi) is 7.18. The van der Waals surface area contributed by atoms with Gasteiger partial charge in [0, 0.05) is 6.54 Å². The second kappa shape index (κ2) is 10.8. The molecule has 7 heteroatoms. The van der Waals surface area contributed by atoms with Crippen molar-refractivity contribution in [3.63, 3.8) is 0 Å². The number of hydrogen-bond donors (Lipinski definition) is 2. The van der Waals surface area contributed by atoms with E-state index in [1.807, 2.05) is 54.6 Å². The van der Waals surface area contributed by atoms with Gasteiger partial charge in [0.15, 0.2) is 0 Å². The molecule has 0 radical (unpaired) electrons. The summed E-state index contributed by atoms with van der Waals surface area (Å²) in [7, 11) is 0. The fourth-order valence-corrected chi connectivity index (χ4v) is 5.03. The predicted octanol–water partition coefficient (Wildman–Crippen LogP) is 4.87. The fourth-order valence-electron chi connectivity index (χ4n) is 5.03. The Labute approximate surface area is 210 Å². The number of aromatic carboxylic acids is 1. The van der Waals surface area contributed by atoms with E-state index in [2.05, 4.69) is 10.2 Å². The average molecular weight is 487 g/mol. The van der Waals surface area contributed by atoms with Gasteiger partial charge in [0.1, 0.15) is 18.5 Å². The molecule has 3 aliphatic heterocycles. The van der Waals surface area contributed by atoms with E-state index >= 15 is 0 Å². The van der Waals surface area contributed by atoms with Crippen LogP contribution in [0.3, 0.4) is 0 Å². The van der Waals surface area contributed by atoms with Gasteiger partial charge in [-0.3, -0.25) is 4.90 Å². The zero-order valence-electron chi connectivity index (χ0n) is 20.0. The largest absolute Gasteiger partial charge is 0.489 e. The van der Waals surface area contributed by atoms with Crippen molar-refractivity contribution in [1.29, 1.82) is 0 Å². The first-order valence-electron chi connectivity index (χ1n) is 12.3. The van der Waals surface area contributed by atoms with Crippen molar-refractivity contribution in [3.05, 3.63) is 101 Å². The fraction of sp³-hybridized carbons (Fsp3) is 0.310. The number of carboxylic acid groups (broad SMARTS) is 1. The van der Waals surface area contributed by atoms with E-state index in [1.54, 1.807) is 24.3 Å². The molecule has 0 spiro atoms. The zero-order chi connectivity index (χ0) is 24.9. The van der Waals surface area contributed by atoms with Crippen LogP contribution in [0, 0.1) is 5.92 Å². The number of benzene rings is 3. The number of fused-ring (bicyclic) bond motifs is 3. The molecule has 2 bridgehead atoms.